The summed E-state index contributed by atoms with van der Waals surface area (Å²) < 4.78 is 6.33. The van der Waals surface area contributed by atoms with Crippen molar-refractivity contribution < 1.29 is 24.2 Å². The van der Waals surface area contributed by atoms with Crippen LogP contribution in [0.25, 0.3) is 6.08 Å². The van der Waals surface area contributed by atoms with E-state index >= 15 is 0 Å². The second-order valence-corrected chi connectivity index (χ2v) is 18.2. The lowest BCUT2D eigenvalue weighted by molar-refractivity contribution is -0.154. The minimum atomic E-state index is -1.07. The molecule has 2 amide bonds. The van der Waals surface area contributed by atoms with E-state index in [9.17, 15) is 19.5 Å². The lowest BCUT2D eigenvalue weighted by atomic mass is 9.77. The molecular formula is C52H43N5O5S3. The molecule has 1 saturated heterocycles. The fraction of sp³-hybridized carbons (Fsp3) is 0.135. The quantitative estimate of drug-likeness (QED) is 0.0490. The van der Waals surface area contributed by atoms with Crippen molar-refractivity contribution in [2.24, 2.45) is 0 Å². The molecule has 0 aliphatic carbocycles. The topological polar surface area (TPSA) is 134 Å². The van der Waals surface area contributed by atoms with Gasteiger partial charge < -0.3 is 20.5 Å². The monoisotopic (exact) mass is 913 g/mol. The molecule has 7 aromatic rings. The molecule has 0 bridgehead atoms. The molecule has 5 aromatic carbocycles. The third-order valence-electron chi connectivity index (χ3n) is 11.3. The number of benzene rings is 5. The third-order valence-corrected chi connectivity index (χ3v) is 14.4. The minimum Gasteiger partial charge on any atom is -0.448 e. The average molecular weight is 914 g/mol. The number of β-lactam (4-membered cyclic amide) rings is 1. The number of fused-ring (bicyclic) bond motifs is 1. The first kappa shape index (κ1) is 43.5. The van der Waals surface area contributed by atoms with Crippen molar-refractivity contribution in [2.75, 3.05) is 17.7 Å². The number of rotatable bonds is 16. The number of ether oxygens (including phenoxy) is 1. The maximum absolute atomic E-state index is 14.5. The SMILES string of the molecule is O=C(OC(c1ccccc1)c1ccccc1)C1=C(S/C=C\c2cccnc2)CS[C@H]2C(NC(=O)C(CO)c3csc(NC(c4ccccc4)(c4ccccc4)c4ccccc4)n3)C(=O)N12. The molecule has 2 aliphatic rings. The van der Waals surface area contributed by atoms with Crippen LogP contribution in [0, 0.1) is 0 Å². The molecule has 0 saturated carbocycles. The number of pyridine rings is 1. The highest BCUT2D eigenvalue weighted by Gasteiger charge is 2.55. The molecule has 3 atom stereocenters. The number of amides is 2. The Hall–Kier alpha value is -6.77. The molecule has 0 spiro atoms. The molecule has 3 N–H and O–H groups in total. The van der Waals surface area contributed by atoms with Crippen molar-refractivity contribution in [3.63, 3.8) is 0 Å². The van der Waals surface area contributed by atoms with Crippen molar-refractivity contribution in [1.29, 1.82) is 0 Å². The van der Waals surface area contributed by atoms with Crippen molar-refractivity contribution in [3.05, 3.63) is 237 Å². The van der Waals surface area contributed by atoms with E-state index < -0.39 is 53.4 Å². The van der Waals surface area contributed by atoms with E-state index in [1.54, 1.807) is 17.8 Å². The summed E-state index contributed by atoms with van der Waals surface area (Å²) in [5.41, 5.74) is 5.05. The van der Waals surface area contributed by atoms with Crippen molar-refractivity contribution >= 4 is 63.9 Å². The number of anilines is 1. The zero-order valence-electron chi connectivity index (χ0n) is 34.8. The lowest BCUT2D eigenvalue weighted by Crippen LogP contribution is -2.70. The van der Waals surface area contributed by atoms with Gasteiger partial charge in [0.2, 0.25) is 5.91 Å². The summed E-state index contributed by atoms with van der Waals surface area (Å²) in [4.78, 5) is 54.1. The average Bonchev–Trinajstić information content (AvgIpc) is 3.83. The molecule has 9 rings (SSSR count). The van der Waals surface area contributed by atoms with Crippen LogP contribution in [-0.2, 0) is 24.7 Å². The number of nitrogens with zero attached hydrogens (tertiary/aromatic N) is 3. The zero-order valence-corrected chi connectivity index (χ0v) is 37.3. The van der Waals surface area contributed by atoms with Gasteiger partial charge in [-0.25, -0.2) is 9.78 Å². The Balaban J connectivity index is 0.969. The third kappa shape index (κ3) is 9.14. The summed E-state index contributed by atoms with van der Waals surface area (Å²) in [6.07, 6.45) is 4.58. The number of aliphatic hydroxyl groups is 1. The predicted octanol–water partition coefficient (Wildman–Crippen LogP) is 9.37. The van der Waals surface area contributed by atoms with Gasteiger partial charge in [0.05, 0.1) is 12.3 Å². The van der Waals surface area contributed by atoms with Gasteiger partial charge in [-0.1, -0.05) is 169 Å². The van der Waals surface area contributed by atoms with Gasteiger partial charge >= 0.3 is 5.97 Å². The molecule has 0 radical (unpaired) electrons. The number of carbonyl (C=O) groups is 3. The van der Waals surface area contributed by atoms with Crippen LogP contribution in [0.3, 0.4) is 0 Å². The van der Waals surface area contributed by atoms with Crippen LogP contribution in [0.4, 0.5) is 5.13 Å². The van der Waals surface area contributed by atoms with Crippen LogP contribution < -0.4 is 10.6 Å². The van der Waals surface area contributed by atoms with Crippen LogP contribution in [0.1, 0.15) is 51.1 Å². The number of hydrogen-bond donors (Lipinski definition) is 3. The van der Waals surface area contributed by atoms with E-state index in [4.69, 9.17) is 9.72 Å². The Morgan fingerprint density at radius 2 is 1.38 bits per heavy atom. The van der Waals surface area contributed by atoms with Crippen LogP contribution in [0.2, 0.25) is 0 Å². The summed E-state index contributed by atoms with van der Waals surface area (Å²) in [6, 6.07) is 52.1. The van der Waals surface area contributed by atoms with E-state index in [0.29, 0.717) is 21.5 Å². The van der Waals surface area contributed by atoms with Gasteiger partial charge in [-0.05, 0) is 50.9 Å². The van der Waals surface area contributed by atoms with E-state index in [1.165, 1.54) is 39.8 Å². The summed E-state index contributed by atoms with van der Waals surface area (Å²) in [7, 11) is 0. The molecule has 2 unspecified atom stereocenters. The second kappa shape index (κ2) is 20.0. The molecule has 324 valence electrons. The predicted molar refractivity (Wildman–Crippen MR) is 259 cm³/mol. The van der Waals surface area contributed by atoms with Gasteiger partial charge in [0, 0.05) is 28.4 Å². The molecule has 4 heterocycles. The van der Waals surface area contributed by atoms with Gasteiger partial charge in [-0.3, -0.25) is 19.5 Å². The first-order chi connectivity index (χ1) is 31.9. The Kier molecular flexibility index (Phi) is 13.3. The molecular weight excluding hydrogens is 871 g/mol. The van der Waals surface area contributed by atoms with Crippen LogP contribution in [0.5, 0.6) is 0 Å². The van der Waals surface area contributed by atoms with Crippen molar-refractivity contribution in [2.45, 2.75) is 29.0 Å². The Morgan fingerprint density at radius 1 is 0.815 bits per heavy atom. The van der Waals surface area contributed by atoms with E-state index in [0.717, 1.165) is 33.4 Å². The maximum atomic E-state index is 14.5. The number of esters is 1. The van der Waals surface area contributed by atoms with E-state index in [1.807, 2.05) is 139 Å². The number of carbonyl (C=O) groups excluding carboxylic acids is 3. The first-order valence-corrected chi connectivity index (χ1v) is 23.8. The molecule has 10 nitrogen and oxygen atoms in total. The summed E-state index contributed by atoms with van der Waals surface area (Å²) >= 11 is 4.11. The standard InChI is InChI=1S/C52H43N5O5S3/c58-32-41(42-33-65-51(54-42)56-52(38-22-10-3-11-23-38,39-24-12-4-13-25-39)40-26-14-5-15-27-40)47(59)55-44-48(60)57-45(43(34-64-49(44)57)63-30-28-35-17-16-29-53-31-35)50(61)62-46(36-18-6-1-7-19-36)37-20-8-2-9-21-37/h1-31,33,41,44,46,49,58H,32,34H2,(H,54,56)(H,55,59)/b30-28-/t41?,44?,49-/m0/s1. The fourth-order valence-corrected chi connectivity index (χ4v) is 11.3. The number of thiazole rings is 1. The molecule has 1 fully saturated rings. The van der Waals surface area contributed by atoms with Gasteiger partial charge in [0.1, 0.15) is 28.6 Å². The highest BCUT2D eigenvalue weighted by Crippen LogP contribution is 2.46. The number of thioether (sulfide) groups is 2. The van der Waals surface area contributed by atoms with Crippen LogP contribution >= 0.6 is 34.9 Å². The van der Waals surface area contributed by atoms with Gasteiger partial charge in [-0.15, -0.1) is 23.1 Å². The number of hydrogen-bond acceptors (Lipinski definition) is 11. The Labute approximate surface area is 389 Å². The zero-order chi connectivity index (χ0) is 44.6. The number of aliphatic hydroxyl groups excluding tert-OH is 1. The summed E-state index contributed by atoms with van der Waals surface area (Å²) in [5.74, 6) is -2.35. The smallest absolute Gasteiger partial charge is 0.356 e. The van der Waals surface area contributed by atoms with Crippen LogP contribution in [0.15, 0.2) is 198 Å². The lowest BCUT2D eigenvalue weighted by Gasteiger charge is -2.49. The normalized spacial score (nSPS) is 16.5. The number of nitrogens with one attached hydrogen (secondary N) is 2. The van der Waals surface area contributed by atoms with E-state index in [-0.39, 0.29) is 5.70 Å². The highest BCUT2D eigenvalue weighted by atomic mass is 32.2. The van der Waals surface area contributed by atoms with Crippen molar-refractivity contribution in [3.8, 4) is 0 Å². The fourth-order valence-electron chi connectivity index (χ4n) is 8.10. The first-order valence-electron chi connectivity index (χ1n) is 21.0. The summed E-state index contributed by atoms with van der Waals surface area (Å²) in [6.45, 7) is -0.541. The largest absolute Gasteiger partial charge is 0.448 e. The number of aromatic nitrogens is 2. The van der Waals surface area contributed by atoms with Crippen LogP contribution in [-0.4, -0.2) is 61.5 Å². The van der Waals surface area contributed by atoms with Gasteiger partial charge in [0.15, 0.2) is 11.2 Å². The maximum Gasteiger partial charge on any atom is 0.356 e. The molecule has 65 heavy (non-hydrogen) atoms. The Bertz CT molecular complexity index is 2660. The molecule has 13 heteroatoms. The minimum absolute atomic E-state index is 0.134. The van der Waals surface area contributed by atoms with Gasteiger partial charge in [0.25, 0.3) is 5.91 Å². The highest BCUT2D eigenvalue weighted by molar-refractivity contribution is 8.08. The van der Waals surface area contributed by atoms with Gasteiger partial charge in [-0.2, -0.15) is 0 Å². The van der Waals surface area contributed by atoms with Crippen molar-refractivity contribution in [1.82, 2.24) is 20.2 Å². The molecule has 2 aromatic heterocycles. The Morgan fingerprint density at radius 3 is 1.92 bits per heavy atom. The van der Waals surface area contributed by atoms with E-state index in [2.05, 4.69) is 52.0 Å². The summed E-state index contributed by atoms with van der Waals surface area (Å²) in [5, 5.41) is 20.9. The second-order valence-electron chi connectivity index (χ2n) is 15.3. The molecule has 2 aliphatic heterocycles.